The molecule has 0 fully saturated rings. The fraction of sp³-hybridized carbons (Fsp3) is 0.455. The lowest BCUT2D eigenvalue weighted by Gasteiger charge is -2.10. The summed E-state index contributed by atoms with van der Waals surface area (Å²) in [5.41, 5.74) is 0.813. The molecule has 0 spiro atoms. The van der Waals surface area contributed by atoms with Crippen LogP contribution >= 0.6 is 0 Å². The second-order valence-corrected chi connectivity index (χ2v) is 3.41. The van der Waals surface area contributed by atoms with Gasteiger partial charge < -0.3 is 14.9 Å². The van der Waals surface area contributed by atoms with E-state index < -0.39 is 12.2 Å². The second-order valence-electron chi connectivity index (χ2n) is 3.41. The lowest BCUT2D eigenvalue weighted by atomic mass is 10.1. The molecule has 0 amide bonds. The van der Waals surface area contributed by atoms with Crippen molar-refractivity contribution in [2.75, 3.05) is 6.61 Å². The zero-order valence-corrected chi connectivity index (χ0v) is 8.47. The molecule has 0 aromatic heterocycles. The number of aliphatic hydroxyl groups excluding tert-OH is 2. The average Bonchev–Trinajstić information content (AvgIpc) is 2.15. The standard InChI is InChI=1S/C11H16O3/c1-8(12)7-14-11-5-3-4-10(6-11)9(2)13/h3-6,8-9,12-13H,7H2,1-2H3/t8?,9-/m1/s1. The van der Waals surface area contributed by atoms with Gasteiger partial charge in [-0.05, 0) is 31.5 Å². The molecule has 0 aliphatic carbocycles. The molecular weight excluding hydrogens is 180 g/mol. The third-order valence-corrected chi connectivity index (χ3v) is 1.83. The highest BCUT2D eigenvalue weighted by molar-refractivity contribution is 5.29. The van der Waals surface area contributed by atoms with Crippen molar-refractivity contribution in [1.29, 1.82) is 0 Å². The first-order chi connectivity index (χ1) is 6.59. The Labute approximate surface area is 84.0 Å². The minimum Gasteiger partial charge on any atom is -0.491 e. The Hall–Kier alpha value is -1.06. The summed E-state index contributed by atoms with van der Waals surface area (Å²) in [6.45, 7) is 3.63. The normalized spacial score (nSPS) is 14.9. The van der Waals surface area contributed by atoms with E-state index in [1.165, 1.54) is 0 Å². The predicted octanol–water partition coefficient (Wildman–Crippen LogP) is 1.50. The largest absolute Gasteiger partial charge is 0.491 e. The fourth-order valence-electron chi connectivity index (χ4n) is 1.08. The molecular formula is C11H16O3. The molecule has 14 heavy (non-hydrogen) atoms. The highest BCUT2D eigenvalue weighted by Gasteiger charge is 2.03. The summed E-state index contributed by atoms with van der Waals surface area (Å²) in [5.74, 6) is 0.671. The van der Waals surface area contributed by atoms with Gasteiger partial charge in [-0.2, -0.15) is 0 Å². The van der Waals surface area contributed by atoms with Gasteiger partial charge in [0.15, 0.2) is 0 Å². The van der Waals surface area contributed by atoms with Crippen molar-refractivity contribution >= 4 is 0 Å². The first kappa shape index (κ1) is 11.0. The molecule has 1 rings (SSSR count). The molecule has 1 unspecified atom stereocenters. The summed E-state index contributed by atoms with van der Waals surface area (Å²) in [6, 6.07) is 7.22. The van der Waals surface area contributed by atoms with Gasteiger partial charge in [0.25, 0.3) is 0 Å². The lowest BCUT2D eigenvalue weighted by molar-refractivity contribution is 0.122. The molecule has 0 saturated heterocycles. The van der Waals surface area contributed by atoms with Crippen LogP contribution in [0.25, 0.3) is 0 Å². The molecule has 1 aromatic rings. The number of benzene rings is 1. The van der Waals surface area contributed by atoms with E-state index in [0.29, 0.717) is 5.75 Å². The monoisotopic (exact) mass is 196 g/mol. The maximum absolute atomic E-state index is 9.32. The molecule has 0 heterocycles. The molecule has 3 nitrogen and oxygen atoms in total. The van der Waals surface area contributed by atoms with E-state index in [-0.39, 0.29) is 6.61 Å². The molecule has 1 aromatic carbocycles. The van der Waals surface area contributed by atoms with Crippen LogP contribution < -0.4 is 4.74 Å². The Balaban J connectivity index is 2.64. The molecule has 78 valence electrons. The van der Waals surface area contributed by atoms with Crippen LogP contribution in [0.2, 0.25) is 0 Å². The molecule has 0 aliphatic rings. The number of ether oxygens (including phenoxy) is 1. The third-order valence-electron chi connectivity index (χ3n) is 1.83. The van der Waals surface area contributed by atoms with Crippen molar-refractivity contribution in [2.24, 2.45) is 0 Å². The molecule has 2 N–H and O–H groups in total. The van der Waals surface area contributed by atoms with Crippen LogP contribution in [0.4, 0.5) is 0 Å². The first-order valence-corrected chi connectivity index (χ1v) is 4.68. The van der Waals surface area contributed by atoms with Gasteiger partial charge in [0.05, 0.1) is 12.2 Å². The summed E-state index contributed by atoms with van der Waals surface area (Å²) in [6.07, 6.45) is -0.977. The van der Waals surface area contributed by atoms with Gasteiger partial charge >= 0.3 is 0 Å². The van der Waals surface area contributed by atoms with E-state index in [0.717, 1.165) is 5.56 Å². The second kappa shape index (κ2) is 4.98. The van der Waals surface area contributed by atoms with Crippen molar-refractivity contribution in [3.05, 3.63) is 29.8 Å². The maximum atomic E-state index is 9.32. The molecule has 0 aliphatic heterocycles. The van der Waals surface area contributed by atoms with Gasteiger partial charge in [-0.25, -0.2) is 0 Å². The molecule has 3 heteroatoms. The quantitative estimate of drug-likeness (QED) is 0.767. The van der Waals surface area contributed by atoms with E-state index in [9.17, 15) is 5.11 Å². The summed E-state index contributed by atoms with van der Waals surface area (Å²) in [5, 5.41) is 18.3. The maximum Gasteiger partial charge on any atom is 0.119 e. The number of hydrogen-bond donors (Lipinski definition) is 2. The van der Waals surface area contributed by atoms with Crippen LogP contribution in [0.15, 0.2) is 24.3 Å². The Kier molecular flexibility index (Phi) is 3.92. The van der Waals surface area contributed by atoms with Crippen LogP contribution in [-0.2, 0) is 0 Å². The van der Waals surface area contributed by atoms with Crippen LogP contribution in [0.1, 0.15) is 25.5 Å². The Morgan fingerprint density at radius 2 is 2.00 bits per heavy atom. The smallest absolute Gasteiger partial charge is 0.119 e. The predicted molar refractivity (Wildman–Crippen MR) is 54.3 cm³/mol. The zero-order valence-electron chi connectivity index (χ0n) is 8.47. The Morgan fingerprint density at radius 3 is 2.57 bits per heavy atom. The van der Waals surface area contributed by atoms with Crippen LogP contribution in [0.3, 0.4) is 0 Å². The van der Waals surface area contributed by atoms with Gasteiger partial charge in [0, 0.05) is 0 Å². The first-order valence-electron chi connectivity index (χ1n) is 4.68. The van der Waals surface area contributed by atoms with Gasteiger partial charge in [-0.1, -0.05) is 12.1 Å². The van der Waals surface area contributed by atoms with E-state index in [1.807, 2.05) is 12.1 Å². The summed E-state index contributed by atoms with van der Waals surface area (Å²) >= 11 is 0. The van der Waals surface area contributed by atoms with Gasteiger partial charge in [-0.3, -0.25) is 0 Å². The average molecular weight is 196 g/mol. The van der Waals surface area contributed by atoms with Crippen molar-refractivity contribution in [2.45, 2.75) is 26.1 Å². The van der Waals surface area contributed by atoms with Gasteiger partial charge in [0.2, 0.25) is 0 Å². The van der Waals surface area contributed by atoms with Gasteiger partial charge in [0.1, 0.15) is 12.4 Å². The number of hydrogen-bond acceptors (Lipinski definition) is 3. The highest BCUT2D eigenvalue weighted by atomic mass is 16.5. The SMILES string of the molecule is CC(O)COc1cccc([C@@H](C)O)c1. The number of rotatable bonds is 4. The fourth-order valence-corrected chi connectivity index (χ4v) is 1.08. The minimum atomic E-state index is -0.495. The zero-order chi connectivity index (χ0) is 10.6. The van der Waals surface area contributed by atoms with E-state index in [4.69, 9.17) is 9.84 Å². The summed E-state index contributed by atoms with van der Waals surface area (Å²) in [7, 11) is 0. The molecule has 0 saturated carbocycles. The Bertz CT molecular complexity index is 282. The molecule has 0 bridgehead atoms. The highest BCUT2D eigenvalue weighted by Crippen LogP contribution is 2.18. The minimum absolute atomic E-state index is 0.267. The number of aliphatic hydroxyl groups is 2. The van der Waals surface area contributed by atoms with Crippen molar-refractivity contribution in [3.63, 3.8) is 0 Å². The van der Waals surface area contributed by atoms with E-state index in [1.54, 1.807) is 26.0 Å². The van der Waals surface area contributed by atoms with Gasteiger partial charge in [-0.15, -0.1) is 0 Å². The van der Waals surface area contributed by atoms with Crippen LogP contribution in [-0.4, -0.2) is 22.9 Å². The van der Waals surface area contributed by atoms with Crippen LogP contribution in [0, 0.1) is 0 Å². The van der Waals surface area contributed by atoms with Crippen molar-refractivity contribution in [3.8, 4) is 5.75 Å². The molecule has 2 atom stereocenters. The Morgan fingerprint density at radius 1 is 1.29 bits per heavy atom. The van der Waals surface area contributed by atoms with Crippen LogP contribution in [0.5, 0.6) is 5.75 Å². The van der Waals surface area contributed by atoms with Crippen molar-refractivity contribution < 1.29 is 14.9 Å². The summed E-state index contributed by atoms with van der Waals surface area (Å²) in [4.78, 5) is 0. The lowest BCUT2D eigenvalue weighted by Crippen LogP contribution is -2.12. The van der Waals surface area contributed by atoms with E-state index >= 15 is 0 Å². The third kappa shape index (κ3) is 3.36. The molecule has 0 radical (unpaired) electrons. The topological polar surface area (TPSA) is 49.7 Å². The summed E-state index contributed by atoms with van der Waals surface area (Å²) < 4.78 is 5.30. The van der Waals surface area contributed by atoms with Crippen molar-refractivity contribution in [1.82, 2.24) is 0 Å². The van der Waals surface area contributed by atoms with E-state index in [2.05, 4.69) is 0 Å².